The molecule has 2 heterocycles. The van der Waals surface area contributed by atoms with Crippen molar-refractivity contribution >= 4 is 65.0 Å². The highest BCUT2D eigenvalue weighted by molar-refractivity contribution is 6.33. The van der Waals surface area contributed by atoms with E-state index in [4.69, 9.17) is 19.4 Å². The van der Waals surface area contributed by atoms with E-state index in [1.165, 1.54) is 48.7 Å². The van der Waals surface area contributed by atoms with Crippen LogP contribution in [0.25, 0.3) is 110 Å². The van der Waals surface area contributed by atoms with E-state index in [2.05, 4.69) is 103 Å². The second kappa shape index (κ2) is 11.7. The lowest BCUT2D eigenvalue weighted by Gasteiger charge is -2.16. The molecular formula is C49H29N3O. The molecule has 0 N–H and O–H groups in total. The molecule has 0 atom stereocenters. The molecule has 0 aliphatic heterocycles. The Hall–Kier alpha value is -7.17. The van der Waals surface area contributed by atoms with Crippen LogP contribution in [0, 0.1) is 0 Å². The Labute approximate surface area is 304 Å². The highest BCUT2D eigenvalue weighted by Gasteiger charge is 2.18. The quantitative estimate of drug-likeness (QED) is 0.174. The van der Waals surface area contributed by atoms with E-state index in [1.807, 2.05) is 72.8 Å². The second-order valence-electron chi connectivity index (χ2n) is 13.5. The summed E-state index contributed by atoms with van der Waals surface area (Å²) in [6.45, 7) is 0. The number of hydrogen-bond acceptors (Lipinski definition) is 4. The van der Waals surface area contributed by atoms with Gasteiger partial charge in [-0.2, -0.15) is 0 Å². The van der Waals surface area contributed by atoms with E-state index < -0.39 is 0 Å². The van der Waals surface area contributed by atoms with Gasteiger partial charge in [0.15, 0.2) is 17.5 Å². The molecule has 0 saturated carbocycles. The first-order valence-electron chi connectivity index (χ1n) is 17.9. The molecule has 11 rings (SSSR count). The third-order valence-corrected chi connectivity index (χ3v) is 10.5. The smallest absolute Gasteiger partial charge is 0.164 e. The highest BCUT2D eigenvalue weighted by Crippen LogP contribution is 2.44. The van der Waals surface area contributed by atoms with Gasteiger partial charge in [-0.3, -0.25) is 0 Å². The van der Waals surface area contributed by atoms with E-state index in [0.717, 1.165) is 44.2 Å². The molecule has 0 saturated heterocycles. The average Bonchev–Trinajstić information content (AvgIpc) is 3.61. The minimum absolute atomic E-state index is 0.615. The SMILES string of the molecule is c1ccc(-c2nc(-c3ccccc3)nc(-c3ccc4oc5ccc(-c6cc7c8ccccc8c8ccccc8c7c7ccccc67)cc5c4c3)n2)cc1. The summed E-state index contributed by atoms with van der Waals surface area (Å²) in [5.74, 6) is 1.89. The van der Waals surface area contributed by atoms with E-state index in [0.29, 0.717) is 17.5 Å². The van der Waals surface area contributed by atoms with E-state index in [9.17, 15) is 0 Å². The van der Waals surface area contributed by atoms with Gasteiger partial charge in [-0.05, 0) is 90.6 Å². The standard InChI is InChI=1S/C49H29N3O/c1-3-13-30(14-4-1)47-50-48(31-15-5-2-6-16-31)52-49(51-47)33-24-26-45-42(28-33)41-27-32(23-25-44(41)53-45)40-29-43-36-19-8-7-17-34(36)35-18-9-11-21-38(35)46(43)39-22-12-10-20-37(39)40/h1-29H. The van der Waals surface area contributed by atoms with Crippen molar-refractivity contribution in [2.75, 3.05) is 0 Å². The Kier molecular flexibility index (Phi) is 6.52. The number of hydrogen-bond donors (Lipinski definition) is 0. The largest absolute Gasteiger partial charge is 0.456 e. The molecule has 9 aromatic carbocycles. The van der Waals surface area contributed by atoms with Crippen LogP contribution in [0.4, 0.5) is 0 Å². The first kappa shape index (κ1) is 29.5. The zero-order chi connectivity index (χ0) is 34.9. The Morgan fingerprint density at radius 2 is 0.698 bits per heavy atom. The number of aromatic nitrogens is 3. The average molecular weight is 676 g/mol. The number of benzene rings is 9. The molecule has 0 fully saturated rings. The third kappa shape index (κ3) is 4.73. The fourth-order valence-corrected chi connectivity index (χ4v) is 8.03. The lowest BCUT2D eigenvalue weighted by atomic mass is 9.87. The van der Waals surface area contributed by atoms with Gasteiger partial charge in [-0.15, -0.1) is 0 Å². The van der Waals surface area contributed by atoms with E-state index in [1.54, 1.807) is 0 Å². The fraction of sp³-hybridized carbons (Fsp3) is 0. The first-order chi connectivity index (χ1) is 26.3. The zero-order valence-corrected chi connectivity index (χ0v) is 28.5. The van der Waals surface area contributed by atoms with Gasteiger partial charge in [0, 0.05) is 27.5 Å². The van der Waals surface area contributed by atoms with Crippen LogP contribution in [0.5, 0.6) is 0 Å². The van der Waals surface area contributed by atoms with Crippen LogP contribution in [0.3, 0.4) is 0 Å². The molecule has 0 aliphatic rings. The van der Waals surface area contributed by atoms with E-state index in [-0.39, 0.29) is 0 Å². The predicted octanol–water partition coefficient (Wildman–Crippen LogP) is 13.1. The number of nitrogens with zero attached hydrogens (tertiary/aromatic N) is 3. The molecule has 4 heteroatoms. The van der Waals surface area contributed by atoms with Gasteiger partial charge in [0.2, 0.25) is 0 Å². The highest BCUT2D eigenvalue weighted by atomic mass is 16.3. The summed E-state index contributed by atoms with van der Waals surface area (Å²) in [5.41, 5.74) is 6.77. The van der Waals surface area contributed by atoms with Crippen LogP contribution >= 0.6 is 0 Å². The normalized spacial score (nSPS) is 11.8. The molecule has 0 bridgehead atoms. The van der Waals surface area contributed by atoms with Crippen molar-refractivity contribution in [1.82, 2.24) is 15.0 Å². The van der Waals surface area contributed by atoms with Crippen molar-refractivity contribution in [2.24, 2.45) is 0 Å². The molecule has 0 radical (unpaired) electrons. The van der Waals surface area contributed by atoms with Gasteiger partial charge in [0.1, 0.15) is 11.2 Å². The molecule has 0 aliphatic carbocycles. The van der Waals surface area contributed by atoms with Gasteiger partial charge in [0.05, 0.1) is 0 Å². The molecular weight excluding hydrogens is 647 g/mol. The maximum atomic E-state index is 6.43. The summed E-state index contributed by atoms with van der Waals surface area (Å²) in [6.07, 6.45) is 0. The maximum Gasteiger partial charge on any atom is 0.164 e. The van der Waals surface area contributed by atoms with Gasteiger partial charge >= 0.3 is 0 Å². The summed E-state index contributed by atoms with van der Waals surface area (Å²) in [7, 11) is 0. The maximum absolute atomic E-state index is 6.43. The van der Waals surface area contributed by atoms with Crippen LogP contribution in [-0.4, -0.2) is 15.0 Å². The molecule has 0 amide bonds. The van der Waals surface area contributed by atoms with Crippen molar-refractivity contribution in [2.45, 2.75) is 0 Å². The Morgan fingerprint density at radius 1 is 0.283 bits per heavy atom. The minimum atomic E-state index is 0.615. The van der Waals surface area contributed by atoms with Crippen molar-refractivity contribution < 1.29 is 4.42 Å². The molecule has 0 spiro atoms. The molecule has 246 valence electrons. The Morgan fingerprint density at radius 3 is 1.28 bits per heavy atom. The monoisotopic (exact) mass is 675 g/mol. The number of fused-ring (bicyclic) bond motifs is 11. The summed E-state index contributed by atoms with van der Waals surface area (Å²) >= 11 is 0. The number of rotatable bonds is 4. The van der Waals surface area contributed by atoms with Gasteiger partial charge in [-0.25, -0.2) is 15.0 Å². The number of furan rings is 1. The van der Waals surface area contributed by atoms with Crippen LogP contribution in [0.15, 0.2) is 180 Å². The fourth-order valence-electron chi connectivity index (χ4n) is 8.03. The lowest BCUT2D eigenvalue weighted by Crippen LogP contribution is -2.00. The molecule has 4 nitrogen and oxygen atoms in total. The minimum Gasteiger partial charge on any atom is -0.456 e. The van der Waals surface area contributed by atoms with Gasteiger partial charge < -0.3 is 4.42 Å². The zero-order valence-electron chi connectivity index (χ0n) is 28.5. The second-order valence-corrected chi connectivity index (χ2v) is 13.5. The van der Waals surface area contributed by atoms with Crippen LogP contribution in [0.2, 0.25) is 0 Å². The predicted molar refractivity (Wildman–Crippen MR) is 219 cm³/mol. The first-order valence-corrected chi connectivity index (χ1v) is 17.9. The van der Waals surface area contributed by atoms with Gasteiger partial charge in [-0.1, -0.05) is 140 Å². The molecule has 2 aromatic heterocycles. The molecule has 11 aromatic rings. The van der Waals surface area contributed by atoms with Crippen molar-refractivity contribution in [3.63, 3.8) is 0 Å². The van der Waals surface area contributed by atoms with Crippen LogP contribution in [-0.2, 0) is 0 Å². The lowest BCUT2D eigenvalue weighted by molar-refractivity contribution is 0.669. The summed E-state index contributed by atoms with van der Waals surface area (Å²) in [6, 6.07) is 61.7. The molecule has 53 heavy (non-hydrogen) atoms. The van der Waals surface area contributed by atoms with Crippen LogP contribution < -0.4 is 0 Å². The van der Waals surface area contributed by atoms with Crippen LogP contribution in [0.1, 0.15) is 0 Å². The van der Waals surface area contributed by atoms with Crippen molar-refractivity contribution in [3.8, 4) is 45.3 Å². The third-order valence-electron chi connectivity index (χ3n) is 10.5. The van der Waals surface area contributed by atoms with E-state index >= 15 is 0 Å². The molecule has 0 unspecified atom stereocenters. The van der Waals surface area contributed by atoms with Crippen molar-refractivity contribution in [3.05, 3.63) is 176 Å². The van der Waals surface area contributed by atoms with Gasteiger partial charge in [0.25, 0.3) is 0 Å². The summed E-state index contributed by atoms with van der Waals surface area (Å²) in [4.78, 5) is 14.9. The van der Waals surface area contributed by atoms with Crippen molar-refractivity contribution in [1.29, 1.82) is 0 Å². The Bertz CT molecular complexity index is 3160. The summed E-state index contributed by atoms with van der Waals surface area (Å²) < 4.78 is 6.43. The topological polar surface area (TPSA) is 51.8 Å². The summed E-state index contributed by atoms with van der Waals surface area (Å²) in [5, 5.41) is 12.2. The Balaban J connectivity index is 1.13.